The monoisotopic (exact) mass is 406 g/mol. The Hall–Kier alpha value is -3.07. The fourth-order valence-electron chi connectivity index (χ4n) is 2.23. The molecule has 2 rings (SSSR count). The number of halogens is 1. The van der Waals surface area contributed by atoms with Gasteiger partial charge in [0.1, 0.15) is 16.8 Å². The molecule has 2 N–H and O–H groups in total. The Labute approximate surface area is 161 Å². The van der Waals surface area contributed by atoms with E-state index in [0.717, 1.165) is 12.1 Å². The lowest BCUT2D eigenvalue weighted by Crippen LogP contribution is -2.37. The van der Waals surface area contributed by atoms with Crippen LogP contribution in [0.25, 0.3) is 0 Å². The highest BCUT2D eigenvalue weighted by Gasteiger charge is 2.30. The van der Waals surface area contributed by atoms with Crippen LogP contribution in [0.3, 0.4) is 0 Å². The Morgan fingerprint density at radius 3 is 1.96 bits per heavy atom. The first-order chi connectivity index (χ1) is 13.1. The molecule has 1 unspecified atom stereocenters. The molecule has 9 heteroatoms. The van der Waals surface area contributed by atoms with Crippen LogP contribution in [-0.4, -0.2) is 37.0 Å². The molecule has 0 aliphatic carbocycles. The molecule has 0 heterocycles. The molecular formula is C19H19FN2O5S. The van der Waals surface area contributed by atoms with Crippen molar-refractivity contribution >= 4 is 38.8 Å². The van der Waals surface area contributed by atoms with E-state index < -0.39 is 38.5 Å². The molecule has 0 radical (unpaired) electrons. The second kappa shape index (κ2) is 8.75. The van der Waals surface area contributed by atoms with Crippen molar-refractivity contribution in [2.24, 2.45) is 0 Å². The van der Waals surface area contributed by atoms with Crippen molar-refractivity contribution in [1.29, 1.82) is 0 Å². The summed E-state index contributed by atoms with van der Waals surface area (Å²) in [5.74, 6) is -3.17. The van der Waals surface area contributed by atoms with Crippen LogP contribution in [0.2, 0.25) is 0 Å². The van der Waals surface area contributed by atoms with E-state index >= 15 is 0 Å². The number of carbonyl (C=O) groups excluding carboxylic acids is 3. The summed E-state index contributed by atoms with van der Waals surface area (Å²) in [5, 5.41) is 3.30. The molecule has 28 heavy (non-hydrogen) atoms. The van der Waals surface area contributed by atoms with Gasteiger partial charge in [-0.3, -0.25) is 14.4 Å². The third kappa shape index (κ3) is 5.71. The van der Waals surface area contributed by atoms with Gasteiger partial charge in [-0.15, -0.1) is 0 Å². The lowest BCUT2D eigenvalue weighted by atomic mass is 10.1. The van der Waals surface area contributed by atoms with Crippen LogP contribution in [0.1, 0.15) is 24.2 Å². The van der Waals surface area contributed by atoms with Gasteiger partial charge in [0, 0.05) is 16.9 Å². The molecule has 0 spiro atoms. The molecule has 148 valence electrons. The smallest absolute Gasteiger partial charge is 0.242 e. The van der Waals surface area contributed by atoms with Gasteiger partial charge in [0.15, 0.2) is 15.6 Å². The van der Waals surface area contributed by atoms with Gasteiger partial charge in [0.05, 0.1) is 0 Å². The average molecular weight is 406 g/mol. The number of hydrogen-bond acceptors (Lipinski definition) is 5. The molecule has 7 nitrogen and oxygen atoms in total. The van der Waals surface area contributed by atoms with Crippen LogP contribution in [0, 0.1) is 5.82 Å². The second-order valence-corrected chi connectivity index (χ2v) is 8.45. The summed E-state index contributed by atoms with van der Waals surface area (Å²) >= 11 is 0. The summed E-state index contributed by atoms with van der Waals surface area (Å²) in [6, 6.07) is 10.8. The van der Waals surface area contributed by atoms with E-state index in [0.29, 0.717) is 11.3 Å². The quantitative estimate of drug-likeness (QED) is 0.687. The van der Waals surface area contributed by atoms with E-state index in [4.69, 9.17) is 0 Å². The maximum atomic E-state index is 12.9. The molecule has 0 aliphatic heterocycles. The summed E-state index contributed by atoms with van der Waals surface area (Å²) < 4.78 is 37.5. The number of anilines is 2. The SMILES string of the molecule is CC(=O)c1ccc(NC(=O)C(C)S(=O)(=O)CC(=O)Nc2ccc(F)cc2)cc1. The van der Waals surface area contributed by atoms with E-state index in [1.807, 2.05) is 0 Å². The molecule has 0 saturated carbocycles. The van der Waals surface area contributed by atoms with Crippen molar-refractivity contribution in [2.45, 2.75) is 19.1 Å². The van der Waals surface area contributed by atoms with Crippen LogP contribution in [-0.2, 0) is 19.4 Å². The minimum atomic E-state index is -4.08. The molecule has 0 bridgehead atoms. The molecule has 0 fully saturated rings. The number of sulfone groups is 1. The minimum absolute atomic E-state index is 0.138. The first-order valence-electron chi connectivity index (χ1n) is 8.27. The van der Waals surface area contributed by atoms with Gasteiger partial charge in [0.2, 0.25) is 11.8 Å². The second-order valence-electron chi connectivity index (χ2n) is 6.13. The van der Waals surface area contributed by atoms with Crippen molar-refractivity contribution in [2.75, 3.05) is 16.4 Å². The Bertz CT molecular complexity index is 986. The number of ketones is 1. The summed E-state index contributed by atoms with van der Waals surface area (Å²) in [5.41, 5.74) is 1.02. The Balaban J connectivity index is 1.99. The van der Waals surface area contributed by atoms with Gasteiger partial charge in [-0.05, 0) is 62.4 Å². The first-order valence-corrected chi connectivity index (χ1v) is 9.99. The number of Topliss-reactive ketones (excluding diaryl/α,β-unsaturated/α-hetero) is 1. The molecule has 2 aromatic carbocycles. The number of benzene rings is 2. The van der Waals surface area contributed by atoms with E-state index in [1.54, 1.807) is 0 Å². The number of carbonyl (C=O) groups is 3. The highest BCUT2D eigenvalue weighted by Crippen LogP contribution is 2.13. The molecule has 0 saturated heterocycles. The topological polar surface area (TPSA) is 109 Å². The molecular weight excluding hydrogens is 387 g/mol. The van der Waals surface area contributed by atoms with Crippen molar-refractivity contribution in [3.8, 4) is 0 Å². The van der Waals surface area contributed by atoms with Crippen LogP contribution in [0.4, 0.5) is 15.8 Å². The number of hydrogen-bond donors (Lipinski definition) is 2. The van der Waals surface area contributed by atoms with E-state index in [-0.39, 0.29) is 11.5 Å². The van der Waals surface area contributed by atoms with Crippen LogP contribution < -0.4 is 10.6 Å². The fraction of sp³-hybridized carbons (Fsp3) is 0.211. The predicted octanol–water partition coefficient (Wildman–Crippen LogP) is 2.41. The minimum Gasteiger partial charge on any atom is -0.325 e. The predicted molar refractivity (Wildman–Crippen MR) is 103 cm³/mol. The number of amides is 2. The first kappa shape index (κ1) is 21.2. The molecule has 0 aliphatic rings. The van der Waals surface area contributed by atoms with Crippen molar-refractivity contribution < 1.29 is 27.2 Å². The Kier molecular flexibility index (Phi) is 6.63. The largest absolute Gasteiger partial charge is 0.325 e. The number of nitrogens with one attached hydrogen (secondary N) is 2. The third-order valence-electron chi connectivity index (χ3n) is 3.93. The standard InChI is InChI=1S/C19H19FN2O5S/c1-12(23)14-3-7-17(8-4-14)22-19(25)13(2)28(26,27)11-18(24)21-16-9-5-15(20)6-10-16/h3-10,13H,11H2,1-2H3,(H,21,24)(H,22,25). The zero-order chi connectivity index (χ0) is 20.9. The van der Waals surface area contributed by atoms with E-state index in [2.05, 4.69) is 10.6 Å². The molecule has 2 aromatic rings. The van der Waals surface area contributed by atoms with E-state index in [1.165, 1.54) is 50.2 Å². The van der Waals surface area contributed by atoms with Crippen molar-refractivity contribution in [1.82, 2.24) is 0 Å². The summed E-state index contributed by atoms with van der Waals surface area (Å²) in [6.07, 6.45) is 0. The maximum absolute atomic E-state index is 12.9. The highest BCUT2D eigenvalue weighted by atomic mass is 32.2. The Morgan fingerprint density at radius 1 is 0.929 bits per heavy atom. The zero-order valence-corrected chi connectivity index (χ0v) is 16.0. The lowest BCUT2D eigenvalue weighted by Gasteiger charge is -2.13. The van der Waals surface area contributed by atoms with Crippen molar-refractivity contribution in [3.63, 3.8) is 0 Å². The maximum Gasteiger partial charge on any atom is 0.242 e. The fourth-order valence-corrected chi connectivity index (χ4v) is 3.31. The summed E-state index contributed by atoms with van der Waals surface area (Å²) in [6.45, 7) is 2.58. The van der Waals surface area contributed by atoms with Crippen LogP contribution >= 0.6 is 0 Å². The van der Waals surface area contributed by atoms with Crippen molar-refractivity contribution in [3.05, 3.63) is 59.9 Å². The average Bonchev–Trinajstić information content (AvgIpc) is 2.63. The summed E-state index contributed by atoms with van der Waals surface area (Å²) in [7, 11) is -4.08. The normalized spacial score (nSPS) is 12.1. The molecule has 1 atom stereocenters. The van der Waals surface area contributed by atoms with Crippen LogP contribution in [0.15, 0.2) is 48.5 Å². The van der Waals surface area contributed by atoms with Gasteiger partial charge in [0.25, 0.3) is 0 Å². The van der Waals surface area contributed by atoms with Gasteiger partial charge >= 0.3 is 0 Å². The number of rotatable bonds is 7. The van der Waals surface area contributed by atoms with Gasteiger partial charge in [-0.1, -0.05) is 0 Å². The highest BCUT2D eigenvalue weighted by molar-refractivity contribution is 7.93. The Morgan fingerprint density at radius 2 is 1.43 bits per heavy atom. The zero-order valence-electron chi connectivity index (χ0n) is 15.2. The van der Waals surface area contributed by atoms with Gasteiger partial charge < -0.3 is 10.6 Å². The molecule has 2 amide bonds. The molecule has 0 aromatic heterocycles. The third-order valence-corrected chi connectivity index (χ3v) is 5.88. The summed E-state index contributed by atoms with van der Waals surface area (Å²) in [4.78, 5) is 35.4. The van der Waals surface area contributed by atoms with E-state index in [9.17, 15) is 27.2 Å². The van der Waals surface area contributed by atoms with Gasteiger partial charge in [-0.25, -0.2) is 12.8 Å². The van der Waals surface area contributed by atoms with Crippen LogP contribution in [0.5, 0.6) is 0 Å². The lowest BCUT2D eigenvalue weighted by molar-refractivity contribution is -0.115. The van der Waals surface area contributed by atoms with Gasteiger partial charge in [-0.2, -0.15) is 0 Å².